The number of aromatic nitrogens is 3. The van der Waals surface area contributed by atoms with E-state index in [1.54, 1.807) is 12.3 Å². The van der Waals surface area contributed by atoms with E-state index >= 15 is 0 Å². The number of nitrogen functional groups attached to an aromatic ring is 1. The van der Waals surface area contributed by atoms with E-state index in [1.165, 1.54) is 16.8 Å². The quantitative estimate of drug-likeness (QED) is 0.848. The number of rotatable bonds is 2. The summed E-state index contributed by atoms with van der Waals surface area (Å²) in [7, 11) is 0. The zero-order valence-electron chi connectivity index (χ0n) is 7.69. The Balaban J connectivity index is 2.24. The van der Waals surface area contributed by atoms with Crippen LogP contribution in [0.15, 0.2) is 24.4 Å². The van der Waals surface area contributed by atoms with Gasteiger partial charge in [0.25, 0.3) is 0 Å². The third-order valence-electron chi connectivity index (χ3n) is 1.90. The molecule has 0 amide bonds. The Bertz CT molecular complexity index is 483. The lowest BCUT2D eigenvalue weighted by Gasteiger charge is -2.03. The van der Waals surface area contributed by atoms with E-state index in [-0.39, 0.29) is 5.82 Å². The van der Waals surface area contributed by atoms with Gasteiger partial charge in [-0.2, -0.15) is 0 Å². The van der Waals surface area contributed by atoms with Gasteiger partial charge in [-0.3, -0.25) is 0 Å². The predicted molar refractivity (Wildman–Crippen MR) is 54.9 cm³/mol. The highest BCUT2D eigenvalue weighted by molar-refractivity contribution is 6.31. The van der Waals surface area contributed by atoms with Crippen molar-refractivity contribution < 1.29 is 4.39 Å². The van der Waals surface area contributed by atoms with Gasteiger partial charge in [-0.15, -0.1) is 5.10 Å². The molecule has 6 heteroatoms. The number of nitrogens with zero attached hydrogens (tertiary/aromatic N) is 3. The van der Waals surface area contributed by atoms with Crippen molar-refractivity contribution in [3.8, 4) is 0 Å². The van der Waals surface area contributed by atoms with Gasteiger partial charge in [0.05, 0.1) is 12.7 Å². The van der Waals surface area contributed by atoms with Crippen LogP contribution in [0.3, 0.4) is 0 Å². The fourth-order valence-corrected chi connectivity index (χ4v) is 1.44. The molecule has 15 heavy (non-hydrogen) atoms. The van der Waals surface area contributed by atoms with Crippen molar-refractivity contribution in [3.63, 3.8) is 0 Å². The molecule has 1 heterocycles. The second-order valence-corrected chi connectivity index (χ2v) is 3.48. The fraction of sp³-hybridized carbons (Fsp3) is 0.111. The van der Waals surface area contributed by atoms with Crippen molar-refractivity contribution in [2.24, 2.45) is 0 Å². The molecule has 0 aliphatic carbocycles. The lowest BCUT2D eigenvalue weighted by molar-refractivity contribution is 0.621. The molecule has 0 unspecified atom stereocenters. The third kappa shape index (κ3) is 2.24. The predicted octanol–water partition coefficient (Wildman–Crippen LogP) is 1.70. The number of nitrogens with two attached hydrogens (primary N) is 1. The van der Waals surface area contributed by atoms with Crippen molar-refractivity contribution in [2.75, 3.05) is 5.73 Å². The first-order chi connectivity index (χ1) is 7.15. The topological polar surface area (TPSA) is 56.7 Å². The minimum absolute atomic E-state index is 0.341. The Labute approximate surface area is 90.5 Å². The van der Waals surface area contributed by atoms with Gasteiger partial charge in [-0.25, -0.2) is 9.07 Å². The smallest absolute Gasteiger partial charge is 0.165 e. The van der Waals surface area contributed by atoms with Crippen molar-refractivity contribution in [3.05, 3.63) is 40.8 Å². The number of hydrogen-bond donors (Lipinski definition) is 1. The second-order valence-electron chi connectivity index (χ2n) is 3.08. The fourth-order valence-electron chi connectivity index (χ4n) is 1.22. The highest BCUT2D eigenvalue weighted by Gasteiger charge is 2.04. The molecule has 2 rings (SSSR count). The Morgan fingerprint density at radius 2 is 2.27 bits per heavy atom. The first kappa shape index (κ1) is 9.92. The van der Waals surface area contributed by atoms with Crippen molar-refractivity contribution in [1.82, 2.24) is 15.0 Å². The average molecular weight is 227 g/mol. The number of hydrogen-bond acceptors (Lipinski definition) is 3. The lowest BCUT2D eigenvalue weighted by atomic mass is 10.2. The van der Waals surface area contributed by atoms with Crippen LogP contribution in [0.5, 0.6) is 0 Å². The Morgan fingerprint density at radius 3 is 2.87 bits per heavy atom. The van der Waals surface area contributed by atoms with Gasteiger partial charge in [0.15, 0.2) is 5.82 Å². The first-order valence-electron chi connectivity index (χ1n) is 4.24. The number of anilines is 1. The molecule has 0 saturated heterocycles. The summed E-state index contributed by atoms with van der Waals surface area (Å²) in [6.07, 6.45) is 1.58. The third-order valence-corrected chi connectivity index (χ3v) is 2.26. The molecule has 2 N–H and O–H groups in total. The Hall–Kier alpha value is -1.62. The van der Waals surface area contributed by atoms with Crippen LogP contribution in [0.4, 0.5) is 10.2 Å². The summed E-state index contributed by atoms with van der Waals surface area (Å²) >= 11 is 5.85. The summed E-state index contributed by atoms with van der Waals surface area (Å²) in [6, 6.07) is 4.22. The highest BCUT2D eigenvalue weighted by atomic mass is 35.5. The summed E-state index contributed by atoms with van der Waals surface area (Å²) in [6.45, 7) is 0.420. The van der Waals surface area contributed by atoms with Crippen molar-refractivity contribution in [2.45, 2.75) is 6.54 Å². The molecule has 0 aliphatic rings. The van der Waals surface area contributed by atoms with E-state index in [0.29, 0.717) is 17.4 Å². The molecule has 0 fully saturated rings. The van der Waals surface area contributed by atoms with E-state index in [2.05, 4.69) is 10.3 Å². The largest absolute Gasteiger partial charge is 0.381 e. The molecule has 78 valence electrons. The summed E-state index contributed by atoms with van der Waals surface area (Å²) in [5, 5.41) is 7.76. The van der Waals surface area contributed by atoms with Gasteiger partial charge in [0.1, 0.15) is 5.82 Å². The Kier molecular flexibility index (Phi) is 2.55. The van der Waals surface area contributed by atoms with Crippen molar-refractivity contribution >= 4 is 17.4 Å². The summed E-state index contributed by atoms with van der Waals surface area (Å²) in [5.41, 5.74) is 6.17. The van der Waals surface area contributed by atoms with E-state index in [4.69, 9.17) is 17.3 Å². The van der Waals surface area contributed by atoms with Crippen LogP contribution in [-0.4, -0.2) is 15.0 Å². The Morgan fingerprint density at radius 1 is 1.47 bits per heavy atom. The molecule has 4 nitrogen and oxygen atoms in total. The van der Waals surface area contributed by atoms with Gasteiger partial charge in [0.2, 0.25) is 0 Å². The van der Waals surface area contributed by atoms with Gasteiger partial charge in [0, 0.05) is 5.02 Å². The van der Waals surface area contributed by atoms with Crippen LogP contribution < -0.4 is 5.73 Å². The van der Waals surface area contributed by atoms with Gasteiger partial charge < -0.3 is 5.73 Å². The molecule has 1 aromatic heterocycles. The highest BCUT2D eigenvalue weighted by Crippen LogP contribution is 2.18. The molecule has 1 aromatic carbocycles. The molecule has 0 atom stereocenters. The molecular formula is C9H8ClFN4. The number of benzene rings is 1. The van der Waals surface area contributed by atoms with E-state index in [0.717, 1.165) is 5.56 Å². The normalized spacial score (nSPS) is 10.5. The zero-order valence-corrected chi connectivity index (χ0v) is 8.45. The van der Waals surface area contributed by atoms with Crippen LogP contribution in [0.2, 0.25) is 5.02 Å². The maximum absolute atomic E-state index is 12.8. The molecule has 0 bridgehead atoms. The minimum Gasteiger partial charge on any atom is -0.381 e. The van der Waals surface area contributed by atoms with E-state index in [1.807, 2.05) is 0 Å². The molecule has 0 spiro atoms. The first-order valence-corrected chi connectivity index (χ1v) is 4.62. The van der Waals surface area contributed by atoms with Gasteiger partial charge in [-0.1, -0.05) is 22.9 Å². The summed E-state index contributed by atoms with van der Waals surface area (Å²) in [4.78, 5) is 0. The molecule has 2 aromatic rings. The maximum Gasteiger partial charge on any atom is 0.165 e. The van der Waals surface area contributed by atoms with E-state index in [9.17, 15) is 4.39 Å². The molecular weight excluding hydrogens is 219 g/mol. The zero-order chi connectivity index (χ0) is 10.8. The minimum atomic E-state index is -0.359. The molecule has 0 aliphatic heterocycles. The monoisotopic (exact) mass is 226 g/mol. The van der Waals surface area contributed by atoms with Crippen LogP contribution in [0, 0.1) is 5.82 Å². The number of halogens is 2. The standard InChI is InChI=1S/C9H8ClFN4/c10-8-3-7(11)2-1-6(8)4-15-5-9(12)13-14-15/h1-3,5H,4,12H2. The summed E-state index contributed by atoms with van der Waals surface area (Å²) in [5.74, 6) is -0.0184. The van der Waals surface area contributed by atoms with Crippen LogP contribution in [0.1, 0.15) is 5.56 Å². The van der Waals surface area contributed by atoms with Crippen LogP contribution in [0.25, 0.3) is 0 Å². The van der Waals surface area contributed by atoms with Gasteiger partial charge in [-0.05, 0) is 17.7 Å². The average Bonchev–Trinajstić information content (AvgIpc) is 2.56. The molecule has 0 saturated carbocycles. The lowest BCUT2D eigenvalue weighted by Crippen LogP contribution is -2.01. The van der Waals surface area contributed by atoms with Crippen molar-refractivity contribution in [1.29, 1.82) is 0 Å². The summed E-state index contributed by atoms with van der Waals surface area (Å²) < 4.78 is 14.3. The maximum atomic E-state index is 12.8. The van der Waals surface area contributed by atoms with Gasteiger partial charge >= 0.3 is 0 Å². The van der Waals surface area contributed by atoms with E-state index < -0.39 is 0 Å². The van der Waals surface area contributed by atoms with Crippen LogP contribution in [-0.2, 0) is 6.54 Å². The second kappa shape index (κ2) is 3.86. The molecule has 0 radical (unpaired) electrons. The SMILES string of the molecule is Nc1cn(Cc2ccc(F)cc2Cl)nn1. The van der Waals surface area contributed by atoms with Crippen LogP contribution >= 0.6 is 11.6 Å².